The lowest BCUT2D eigenvalue weighted by Crippen LogP contribution is -2.09. The van der Waals surface area contributed by atoms with E-state index in [1.165, 1.54) is 25.7 Å². The van der Waals surface area contributed by atoms with Crippen molar-refractivity contribution in [3.8, 4) is 0 Å². The van der Waals surface area contributed by atoms with Crippen molar-refractivity contribution in [2.24, 2.45) is 0 Å². The van der Waals surface area contributed by atoms with Crippen LogP contribution in [0.4, 0.5) is 28.4 Å². The summed E-state index contributed by atoms with van der Waals surface area (Å²) in [6.07, 6.45) is 5.08. The van der Waals surface area contributed by atoms with E-state index in [-0.39, 0.29) is 0 Å². The number of hydrogen-bond donors (Lipinski definition) is 2. The van der Waals surface area contributed by atoms with E-state index < -0.39 is 0 Å². The quantitative estimate of drug-likeness (QED) is 0.195. The molecule has 0 atom stereocenters. The van der Waals surface area contributed by atoms with Gasteiger partial charge in [-0.25, -0.2) is 4.98 Å². The standard InChI is InChI=1S/C29H37N5/c1-6-7-8-9-18-30-21-10-12-22(13-11-21)31-29-25-16-14-23(33(2)3)19-27(25)32-28-20-24(34(4)5)15-17-26(28)29/h10-17,19-20,30H,6-9,18H2,1-5H3,(H,31,32). The fraction of sp³-hybridized carbons (Fsp3) is 0.345. The molecule has 2 N–H and O–H groups in total. The molecule has 0 unspecified atom stereocenters. The fourth-order valence-corrected chi connectivity index (χ4v) is 4.21. The Balaban J connectivity index is 1.67. The van der Waals surface area contributed by atoms with Gasteiger partial charge >= 0.3 is 0 Å². The smallest absolute Gasteiger partial charge is 0.0751 e. The van der Waals surface area contributed by atoms with Crippen LogP contribution in [0.5, 0.6) is 0 Å². The SMILES string of the molecule is CCCCCCNc1ccc(Nc2c3ccc(N(C)C)cc3nc3cc(N(C)C)ccc23)cc1. The zero-order valence-electron chi connectivity index (χ0n) is 21.2. The molecule has 1 aromatic heterocycles. The van der Waals surface area contributed by atoms with Crippen LogP contribution in [0.1, 0.15) is 32.6 Å². The molecule has 0 aliphatic rings. The normalized spacial score (nSPS) is 11.1. The fourth-order valence-electron chi connectivity index (χ4n) is 4.21. The first-order valence-electron chi connectivity index (χ1n) is 12.3. The van der Waals surface area contributed by atoms with Crippen LogP contribution >= 0.6 is 0 Å². The van der Waals surface area contributed by atoms with Crippen LogP contribution in [0.2, 0.25) is 0 Å². The highest BCUT2D eigenvalue weighted by Gasteiger charge is 2.12. The molecule has 0 aliphatic carbocycles. The van der Waals surface area contributed by atoms with E-state index >= 15 is 0 Å². The van der Waals surface area contributed by atoms with E-state index in [9.17, 15) is 0 Å². The topological polar surface area (TPSA) is 43.4 Å². The first-order valence-corrected chi connectivity index (χ1v) is 12.3. The van der Waals surface area contributed by atoms with E-state index in [1.807, 2.05) is 0 Å². The van der Waals surface area contributed by atoms with Crippen molar-refractivity contribution in [1.29, 1.82) is 0 Å². The number of fused-ring (bicyclic) bond motifs is 2. The third-order valence-electron chi connectivity index (χ3n) is 6.29. The van der Waals surface area contributed by atoms with Crippen LogP contribution in [0.25, 0.3) is 21.8 Å². The Morgan fingerprint density at radius 2 is 1.24 bits per heavy atom. The average molecular weight is 456 g/mol. The van der Waals surface area contributed by atoms with Crippen molar-refractivity contribution in [3.63, 3.8) is 0 Å². The summed E-state index contributed by atoms with van der Waals surface area (Å²) in [4.78, 5) is 9.26. The highest BCUT2D eigenvalue weighted by molar-refractivity contribution is 6.09. The summed E-state index contributed by atoms with van der Waals surface area (Å²) in [7, 11) is 8.24. The maximum atomic E-state index is 5.03. The minimum atomic E-state index is 0.988. The maximum absolute atomic E-state index is 5.03. The van der Waals surface area contributed by atoms with Crippen molar-refractivity contribution in [2.45, 2.75) is 32.6 Å². The number of pyridine rings is 1. The number of rotatable bonds is 10. The lowest BCUT2D eigenvalue weighted by Gasteiger charge is -2.18. The Morgan fingerprint density at radius 1 is 0.676 bits per heavy atom. The summed E-state index contributed by atoms with van der Waals surface area (Å²) in [6, 6.07) is 21.6. The Morgan fingerprint density at radius 3 is 1.76 bits per heavy atom. The Labute approximate surface area is 203 Å². The number of nitrogens with zero attached hydrogens (tertiary/aromatic N) is 3. The molecular weight excluding hydrogens is 418 g/mol. The number of benzene rings is 3. The monoisotopic (exact) mass is 455 g/mol. The van der Waals surface area contributed by atoms with Gasteiger partial charge in [0.05, 0.1) is 16.7 Å². The summed E-state index contributed by atoms with van der Waals surface area (Å²) in [6.45, 7) is 3.27. The van der Waals surface area contributed by atoms with Crippen LogP contribution in [0, 0.1) is 0 Å². The number of unbranched alkanes of at least 4 members (excludes halogenated alkanes) is 3. The molecule has 1 heterocycles. The highest BCUT2D eigenvalue weighted by atomic mass is 15.1. The summed E-state index contributed by atoms with van der Waals surface area (Å²) < 4.78 is 0. The first kappa shape index (κ1) is 23.7. The van der Waals surface area contributed by atoms with Crippen LogP contribution in [-0.4, -0.2) is 39.7 Å². The lowest BCUT2D eigenvalue weighted by molar-refractivity contribution is 0.685. The van der Waals surface area contributed by atoms with Crippen molar-refractivity contribution in [1.82, 2.24) is 4.98 Å². The van der Waals surface area contributed by atoms with Crippen molar-refractivity contribution in [3.05, 3.63) is 60.7 Å². The van der Waals surface area contributed by atoms with Gasteiger partial charge in [-0.15, -0.1) is 0 Å². The Bertz CT molecular complexity index is 1180. The number of nitrogens with one attached hydrogen (secondary N) is 2. The summed E-state index contributed by atoms with van der Waals surface area (Å²) in [5.41, 5.74) is 7.59. The molecule has 0 radical (unpaired) electrons. The second kappa shape index (κ2) is 10.6. The third kappa shape index (κ3) is 5.36. The average Bonchev–Trinajstić information content (AvgIpc) is 2.83. The maximum Gasteiger partial charge on any atom is 0.0751 e. The molecule has 4 aromatic rings. The van der Waals surface area contributed by atoms with E-state index in [0.717, 1.165) is 56.8 Å². The molecule has 3 aromatic carbocycles. The lowest BCUT2D eigenvalue weighted by atomic mass is 10.1. The Hall–Kier alpha value is -3.47. The second-order valence-corrected chi connectivity index (χ2v) is 9.37. The van der Waals surface area contributed by atoms with E-state index in [4.69, 9.17) is 4.98 Å². The molecule has 4 rings (SSSR count). The number of anilines is 5. The number of hydrogen-bond acceptors (Lipinski definition) is 5. The zero-order chi connectivity index (χ0) is 24.1. The summed E-state index contributed by atoms with van der Waals surface area (Å²) in [5.74, 6) is 0. The summed E-state index contributed by atoms with van der Waals surface area (Å²) >= 11 is 0. The van der Waals surface area contributed by atoms with Crippen molar-refractivity contribution in [2.75, 3.05) is 55.2 Å². The Kier molecular flexibility index (Phi) is 7.41. The van der Waals surface area contributed by atoms with Gasteiger partial charge in [0.15, 0.2) is 0 Å². The van der Waals surface area contributed by atoms with Crippen molar-refractivity contribution >= 4 is 50.2 Å². The molecule has 0 spiro atoms. The van der Waals surface area contributed by atoms with Gasteiger partial charge in [0, 0.05) is 68.3 Å². The van der Waals surface area contributed by atoms with Gasteiger partial charge < -0.3 is 20.4 Å². The number of aromatic nitrogens is 1. The van der Waals surface area contributed by atoms with Gasteiger partial charge in [-0.1, -0.05) is 26.2 Å². The molecule has 5 heteroatoms. The predicted octanol–water partition coefficient (Wildman–Crippen LogP) is 7.26. The van der Waals surface area contributed by atoms with E-state index in [2.05, 4.69) is 116 Å². The van der Waals surface area contributed by atoms with Crippen LogP contribution < -0.4 is 20.4 Å². The molecule has 5 nitrogen and oxygen atoms in total. The molecule has 0 amide bonds. The van der Waals surface area contributed by atoms with Gasteiger partial charge in [0.2, 0.25) is 0 Å². The first-order chi connectivity index (χ1) is 16.5. The van der Waals surface area contributed by atoms with Gasteiger partial charge in [0.1, 0.15) is 0 Å². The molecule has 0 saturated heterocycles. The highest BCUT2D eigenvalue weighted by Crippen LogP contribution is 2.36. The van der Waals surface area contributed by atoms with E-state index in [1.54, 1.807) is 0 Å². The van der Waals surface area contributed by atoms with Crippen LogP contribution in [0.3, 0.4) is 0 Å². The van der Waals surface area contributed by atoms with Crippen LogP contribution in [0.15, 0.2) is 60.7 Å². The molecular formula is C29H37N5. The zero-order valence-corrected chi connectivity index (χ0v) is 21.2. The molecule has 0 saturated carbocycles. The van der Waals surface area contributed by atoms with Gasteiger partial charge in [-0.05, 0) is 67.1 Å². The van der Waals surface area contributed by atoms with Gasteiger partial charge in [-0.2, -0.15) is 0 Å². The molecule has 0 aliphatic heterocycles. The van der Waals surface area contributed by atoms with Gasteiger partial charge in [-0.3, -0.25) is 0 Å². The second-order valence-electron chi connectivity index (χ2n) is 9.37. The molecule has 34 heavy (non-hydrogen) atoms. The minimum absolute atomic E-state index is 0.988. The van der Waals surface area contributed by atoms with E-state index in [0.29, 0.717) is 0 Å². The predicted molar refractivity (Wildman–Crippen MR) is 150 cm³/mol. The minimum Gasteiger partial charge on any atom is -0.385 e. The summed E-state index contributed by atoms with van der Waals surface area (Å²) in [5, 5.41) is 9.48. The van der Waals surface area contributed by atoms with Crippen molar-refractivity contribution < 1.29 is 0 Å². The molecule has 178 valence electrons. The largest absolute Gasteiger partial charge is 0.385 e. The van der Waals surface area contributed by atoms with Crippen LogP contribution in [-0.2, 0) is 0 Å². The molecule has 0 fully saturated rings. The van der Waals surface area contributed by atoms with Gasteiger partial charge in [0.25, 0.3) is 0 Å². The third-order valence-corrected chi connectivity index (χ3v) is 6.29. The molecule has 0 bridgehead atoms.